The maximum absolute atomic E-state index is 16.3. The number of esters is 3. The quantitative estimate of drug-likeness (QED) is 0.0273. The molecule has 0 atom stereocenters. The standard InChI is InChI=1S/C47H35F10N3O17S2/c1-71-33(61)11-13-60(14-12-34(62)72-2)24-9-3-20-15-26(43(65)73-32(20)17-24)42(64)59-23-7-5-22(6-8-23)58-41(63)21-4-10-25-27(16-21)45(75-44(25)66)28-18-30(48)39(76-78(67,68)46(52,53)54)35(50)37(28)74-38-29(45)19-31(49)40(36(38)51)77-79(69,70)47(55,56)57/h3-4,9-10,15-19,22-23H,5-8,11-14H2,1-2H3,(H,58,63)(H,59,64)/t22-,23-. The molecule has 1 aliphatic carbocycles. The maximum atomic E-state index is 16.3. The first kappa shape index (κ1) is 57.0. The van der Waals surface area contributed by atoms with Gasteiger partial charge in [0.1, 0.15) is 11.1 Å². The number of fused-ring (bicyclic) bond motifs is 7. The van der Waals surface area contributed by atoms with Gasteiger partial charge in [-0.3, -0.25) is 19.2 Å². The van der Waals surface area contributed by atoms with Gasteiger partial charge in [0.05, 0.1) is 43.8 Å². The largest absolute Gasteiger partial charge is 0.534 e. The predicted molar refractivity (Wildman–Crippen MR) is 245 cm³/mol. The molecule has 0 unspecified atom stereocenters. The molecule has 0 bridgehead atoms. The number of rotatable bonds is 15. The minimum Gasteiger partial charge on any atom is -0.469 e. The van der Waals surface area contributed by atoms with Crippen molar-refractivity contribution in [3.8, 4) is 23.0 Å². The molecule has 5 aromatic rings. The molecule has 2 amide bonds. The molecule has 32 heteroatoms. The molecule has 0 radical (unpaired) electrons. The Morgan fingerprint density at radius 2 is 1.16 bits per heavy atom. The van der Waals surface area contributed by atoms with Gasteiger partial charge in [-0.15, -0.1) is 0 Å². The van der Waals surface area contributed by atoms with Gasteiger partial charge in [-0.05, 0) is 74.2 Å². The molecule has 2 N–H and O–H groups in total. The van der Waals surface area contributed by atoms with Crippen molar-refractivity contribution in [2.24, 2.45) is 0 Å². The summed E-state index contributed by atoms with van der Waals surface area (Å²) >= 11 is 0. The van der Waals surface area contributed by atoms with Crippen LogP contribution in [-0.2, 0) is 49.6 Å². The Kier molecular flexibility index (Phi) is 15.1. The van der Waals surface area contributed by atoms with E-state index in [9.17, 15) is 71.9 Å². The second-order valence-corrected chi connectivity index (χ2v) is 20.5. The number of ether oxygens (including phenoxy) is 4. The van der Waals surface area contributed by atoms with Crippen LogP contribution in [0.1, 0.15) is 86.3 Å². The van der Waals surface area contributed by atoms with E-state index in [2.05, 4.69) is 19.0 Å². The van der Waals surface area contributed by atoms with Crippen molar-refractivity contribution >= 4 is 66.6 Å². The zero-order chi connectivity index (χ0) is 57.9. The monoisotopic (exact) mass is 1170 g/mol. The molecule has 1 saturated carbocycles. The Morgan fingerprint density at radius 3 is 1.65 bits per heavy atom. The molecule has 1 aromatic heterocycles. The highest BCUT2D eigenvalue weighted by Gasteiger charge is 2.58. The number of anilines is 1. The summed E-state index contributed by atoms with van der Waals surface area (Å²) < 4.78 is 224. The highest BCUT2D eigenvalue weighted by atomic mass is 32.2. The van der Waals surface area contributed by atoms with Crippen molar-refractivity contribution in [2.45, 2.75) is 67.2 Å². The van der Waals surface area contributed by atoms with E-state index in [0.717, 1.165) is 18.2 Å². The zero-order valence-corrected chi connectivity index (χ0v) is 41.6. The van der Waals surface area contributed by atoms with E-state index in [-0.39, 0.29) is 74.9 Å². The Labute approximate surface area is 436 Å². The van der Waals surface area contributed by atoms with Crippen LogP contribution in [0.2, 0.25) is 0 Å². The molecule has 1 spiro atoms. The first-order valence-electron chi connectivity index (χ1n) is 22.6. The van der Waals surface area contributed by atoms with Crippen LogP contribution in [0.4, 0.5) is 49.6 Å². The summed E-state index contributed by atoms with van der Waals surface area (Å²) in [7, 11) is -11.4. The van der Waals surface area contributed by atoms with Crippen molar-refractivity contribution in [3.63, 3.8) is 0 Å². The molecule has 79 heavy (non-hydrogen) atoms. The molecule has 3 heterocycles. The van der Waals surface area contributed by atoms with Crippen LogP contribution in [0.25, 0.3) is 11.0 Å². The molecule has 1 fully saturated rings. The summed E-state index contributed by atoms with van der Waals surface area (Å²) in [5, 5.41) is 5.75. The van der Waals surface area contributed by atoms with Gasteiger partial charge >= 0.3 is 54.8 Å². The number of alkyl halides is 6. The summed E-state index contributed by atoms with van der Waals surface area (Å²) in [6.07, 6.45) is 0.604. The zero-order valence-electron chi connectivity index (χ0n) is 40.0. The summed E-state index contributed by atoms with van der Waals surface area (Å²) in [4.78, 5) is 79.4. The molecule has 4 aromatic carbocycles. The number of halogens is 10. The lowest BCUT2D eigenvalue weighted by molar-refractivity contribution is -0.140. The highest BCUT2D eigenvalue weighted by Crippen LogP contribution is 2.60. The van der Waals surface area contributed by atoms with E-state index in [1.54, 1.807) is 17.0 Å². The number of nitrogens with one attached hydrogen (secondary N) is 2. The van der Waals surface area contributed by atoms with Crippen LogP contribution < -0.4 is 34.3 Å². The van der Waals surface area contributed by atoms with E-state index in [1.807, 2.05) is 0 Å². The van der Waals surface area contributed by atoms with Crippen LogP contribution in [0.3, 0.4) is 0 Å². The van der Waals surface area contributed by atoms with Gasteiger partial charge < -0.3 is 47.3 Å². The minimum atomic E-state index is -6.92. The minimum absolute atomic E-state index is 0.0435. The van der Waals surface area contributed by atoms with E-state index < -0.39 is 158 Å². The maximum Gasteiger partial charge on any atom is 0.534 e. The van der Waals surface area contributed by atoms with Gasteiger partial charge in [-0.2, -0.15) is 52.0 Å². The second-order valence-electron chi connectivity index (χ2n) is 17.5. The molecule has 422 valence electrons. The van der Waals surface area contributed by atoms with E-state index >= 15 is 17.6 Å². The van der Waals surface area contributed by atoms with Gasteiger partial charge in [0, 0.05) is 53.4 Å². The summed E-state index contributed by atoms with van der Waals surface area (Å²) in [6.45, 7) is 0.248. The van der Waals surface area contributed by atoms with Crippen LogP contribution in [0.5, 0.6) is 23.0 Å². The Bertz CT molecular complexity index is 3550. The van der Waals surface area contributed by atoms with E-state index in [1.165, 1.54) is 26.4 Å². The van der Waals surface area contributed by atoms with Gasteiger partial charge in [-0.1, -0.05) is 0 Å². The van der Waals surface area contributed by atoms with Crippen molar-refractivity contribution in [1.29, 1.82) is 0 Å². The Hall–Kier alpha value is -8.16. The molecule has 2 aliphatic heterocycles. The van der Waals surface area contributed by atoms with E-state index in [0.29, 0.717) is 11.1 Å². The summed E-state index contributed by atoms with van der Waals surface area (Å²) in [5.41, 5.74) is -21.1. The third-order valence-electron chi connectivity index (χ3n) is 12.7. The SMILES string of the molecule is COC(=O)CCN(CCC(=O)OC)c1ccc2cc(C(=O)N[C@H]3CC[C@H](NC(=O)c4ccc5c(c4)C4(OC5=O)c5cc(F)c(OS(=O)(=O)C(F)(F)F)c(F)c5Oc5c4cc(F)c(OS(=O)(=O)C(F)(F)F)c5F)CC3)c(=O)oc2c1. The number of benzene rings is 4. The average Bonchev–Trinajstić information content (AvgIpc) is 3.21. The molecule has 0 saturated heterocycles. The van der Waals surface area contributed by atoms with Crippen molar-refractivity contribution in [1.82, 2.24) is 10.6 Å². The topological polar surface area (TPSA) is 267 Å². The number of carbonyl (C=O) groups excluding carboxylic acids is 5. The molecule has 3 aliphatic rings. The van der Waals surface area contributed by atoms with Gasteiger partial charge in [0.2, 0.25) is 23.1 Å². The van der Waals surface area contributed by atoms with Gasteiger partial charge in [-0.25, -0.2) is 18.4 Å². The Morgan fingerprint density at radius 1 is 0.671 bits per heavy atom. The number of nitrogens with zero attached hydrogens (tertiary/aromatic N) is 1. The smallest absolute Gasteiger partial charge is 0.469 e. The average molecular weight is 1170 g/mol. The number of amides is 2. The lowest BCUT2D eigenvalue weighted by Crippen LogP contribution is -2.44. The number of hydrogen-bond acceptors (Lipinski definition) is 18. The fourth-order valence-corrected chi connectivity index (χ4v) is 9.74. The van der Waals surface area contributed by atoms with Gasteiger partial charge in [0.15, 0.2) is 28.7 Å². The lowest BCUT2D eigenvalue weighted by Gasteiger charge is -2.37. The van der Waals surface area contributed by atoms with Crippen molar-refractivity contribution in [2.75, 3.05) is 32.2 Å². The van der Waals surface area contributed by atoms with E-state index in [4.69, 9.17) is 23.4 Å². The normalized spacial score (nSPS) is 16.6. The Balaban J connectivity index is 1.04. The van der Waals surface area contributed by atoms with Crippen LogP contribution in [0.15, 0.2) is 63.8 Å². The first-order valence-corrected chi connectivity index (χ1v) is 25.4. The first-order chi connectivity index (χ1) is 36.9. The van der Waals surface area contributed by atoms with Crippen LogP contribution >= 0.6 is 0 Å². The van der Waals surface area contributed by atoms with Crippen molar-refractivity contribution in [3.05, 3.63) is 122 Å². The fraction of sp³-hybridized carbons (Fsp3) is 0.319. The molecule has 8 rings (SSSR count). The lowest BCUT2D eigenvalue weighted by atomic mass is 9.76. The summed E-state index contributed by atoms with van der Waals surface area (Å²) in [5.74, 6) is -22.5. The third kappa shape index (κ3) is 10.8. The molecular formula is C47H35F10N3O17S2. The van der Waals surface area contributed by atoms with Gasteiger partial charge in [0.25, 0.3) is 11.8 Å². The van der Waals surface area contributed by atoms with Crippen LogP contribution in [0, 0.1) is 23.3 Å². The number of methoxy groups -OCH3 is 2. The second kappa shape index (κ2) is 20.9. The van der Waals surface area contributed by atoms with Crippen LogP contribution in [-0.4, -0.2) is 97.0 Å². The predicted octanol–water partition coefficient (Wildman–Crippen LogP) is 6.78. The number of hydrogen-bond donors (Lipinski definition) is 2. The number of carbonyl (C=O) groups is 5. The molecule has 20 nitrogen and oxygen atoms in total. The highest BCUT2D eigenvalue weighted by molar-refractivity contribution is 7.88. The third-order valence-corrected chi connectivity index (χ3v) is 14.6. The molecular weight excluding hydrogens is 1130 g/mol. The summed E-state index contributed by atoms with van der Waals surface area (Å²) in [6, 6.07) is 7.25. The fourth-order valence-electron chi connectivity index (χ4n) is 8.80. The van der Waals surface area contributed by atoms with Crippen molar-refractivity contribution < 1.29 is 116 Å².